The fraction of sp³-hybridized carbons (Fsp3) is 0.455. The molecular formula is C11H17BrZn. The number of benzene rings is 1. The summed E-state index contributed by atoms with van der Waals surface area (Å²) < 4.78 is 0.642. The maximum atomic E-state index is 2.37. The van der Waals surface area contributed by atoms with E-state index in [1.807, 2.05) is 0 Å². The normalized spacial score (nSPS) is 10.1. The van der Waals surface area contributed by atoms with Crippen LogP contribution in [0, 0.1) is 0 Å². The fourth-order valence-electron chi connectivity index (χ4n) is 1.16. The Labute approximate surface area is 99.5 Å². The van der Waals surface area contributed by atoms with Crippen LogP contribution in [-0.2, 0) is 22.1 Å². The Balaban J connectivity index is 0.00000144. The Morgan fingerprint density at radius 1 is 1.08 bits per heavy atom. The third kappa shape index (κ3) is 6.40. The molecule has 0 unspecified atom stereocenters. The van der Waals surface area contributed by atoms with E-state index >= 15 is 0 Å². The summed E-state index contributed by atoms with van der Waals surface area (Å²) in [6.45, 7) is 7.11. The molecule has 0 fully saturated rings. The average molecular weight is 295 g/mol. The SMILES string of the molecule is Br.C[C](C)(C)[Zn][CH2]c1ccccc1. The van der Waals surface area contributed by atoms with Gasteiger partial charge in [0.2, 0.25) is 0 Å². The second-order valence-corrected chi connectivity index (χ2v) is 11.1. The summed E-state index contributed by atoms with van der Waals surface area (Å²) in [6, 6.07) is 10.9. The maximum absolute atomic E-state index is 2.37. The van der Waals surface area contributed by atoms with Crippen LogP contribution in [0.3, 0.4) is 0 Å². The molecule has 0 radical (unpaired) electrons. The topological polar surface area (TPSA) is 0 Å². The van der Waals surface area contributed by atoms with Gasteiger partial charge in [-0.2, -0.15) is 0 Å². The predicted molar refractivity (Wildman–Crippen MR) is 60.2 cm³/mol. The van der Waals surface area contributed by atoms with Crippen LogP contribution < -0.4 is 0 Å². The van der Waals surface area contributed by atoms with Crippen LogP contribution in [0.4, 0.5) is 0 Å². The molecule has 0 N–H and O–H groups in total. The zero-order chi connectivity index (χ0) is 9.03. The quantitative estimate of drug-likeness (QED) is 0.721. The first-order valence-electron chi connectivity index (χ1n) is 4.62. The third-order valence-electron chi connectivity index (χ3n) is 2.01. The van der Waals surface area contributed by atoms with Crippen LogP contribution in [0.1, 0.15) is 26.3 Å². The Kier molecular flexibility index (Phi) is 6.08. The van der Waals surface area contributed by atoms with Gasteiger partial charge in [0.05, 0.1) is 0 Å². The summed E-state index contributed by atoms with van der Waals surface area (Å²) in [4.78, 5) is 0. The number of hydrogen-bond donors (Lipinski definition) is 0. The van der Waals surface area contributed by atoms with Crippen LogP contribution in [-0.4, -0.2) is 0 Å². The Bertz CT molecular complexity index is 226. The summed E-state index contributed by atoms with van der Waals surface area (Å²) in [6.07, 6.45) is 0. The van der Waals surface area contributed by atoms with Crippen LogP contribution in [0.15, 0.2) is 30.3 Å². The van der Waals surface area contributed by atoms with Crippen molar-refractivity contribution in [2.45, 2.75) is 29.8 Å². The van der Waals surface area contributed by atoms with E-state index in [0.717, 1.165) is 0 Å². The van der Waals surface area contributed by atoms with Gasteiger partial charge in [-0.15, -0.1) is 17.0 Å². The van der Waals surface area contributed by atoms with Gasteiger partial charge in [0.25, 0.3) is 0 Å². The van der Waals surface area contributed by atoms with E-state index in [4.69, 9.17) is 0 Å². The van der Waals surface area contributed by atoms with Gasteiger partial charge in [-0.05, 0) is 0 Å². The van der Waals surface area contributed by atoms with Crippen LogP contribution in [0.25, 0.3) is 0 Å². The molecule has 0 spiro atoms. The summed E-state index contributed by atoms with van der Waals surface area (Å²) in [5, 5.41) is 1.39. The molecule has 0 heterocycles. The summed E-state index contributed by atoms with van der Waals surface area (Å²) >= 11 is -0.372. The zero-order valence-corrected chi connectivity index (χ0v) is 13.4. The minimum atomic E-state index is -0.372. The summed E-state index contributed by atoms with van der Waals surface area (Å²) in [5.41, 5.74) is 1.53. The van der Waals surface area contributed by atoms with Crippen molar-refractivity contribution in [2.75, 3.05) is 0 Å². The zero-order valence-electron chi connectivity index (χ0n) is 8.71. The Morgan fingerprint density at radius 2 is 1.62 bits per heavy atom. The Hall–Kier alpha value is 0.323. The molecule has 13 heavy (non-hydrogen) atoms. The molecule has 0 saturated carbocycles. The van der Waals surface area contributed by atoms with Crippen molar-refractivity contribution < 1.29 is 17.1 Å². The molecule has 1 rings (SSSR count). The third-order valence-corrected chi connectivity index (χ3v) is 6.89. The molecule has 0 amide bonds. The van der Waals surface area contributed by atoms with Crippen molar-refractivity contribution in [2.24, 2.45) is 0 Å². The van der Waals surface area contributed by atoms with Crippen LogP contribution >= 0.6 is 17.0 Å². The van der Waals surface area contributed by atoms with Gasteiger partial charge in [-0.3, -0.25) is 0 Å². The molecule has 0 atom stereocenters. The van der Waals surface area contributed by atoms with Gasteiger partial charge in [0.15, 0.2) is 0 Å². The van der Waals surface area contributed by atoms with Gasteiger partial charge < -0.3 is 0 Å². The number of rotatable bonds is 2. The van der Waals surface area contributed by atoms with E-state index in [0.29, 0.717) is 4.01 Å². The van der Waals surface area contributed by atoms with Gasteiger partial charge in [-0.1, -0.05) is 0 Å². The standard InChI is InChI=1S/C7H7.C4H9.BrH.Zn/c1-7-5-3-2-4-6-7;1-4(2)3;;/h2-6H,1H2;1-3H3;1H;. The van der Waals surface area contributed by atoms with Crippen molar-refractivity contribution in [3.8, 4) is 0 Å². The molecule has 0 aliphatic heterocycles. The second-order valence-electron chi connectivity index (χ2n) is 4.55. The molecule has 1 aromatic rings. The molecule has 0 aliphatic carbocycles. The molecule has 0 nitrogen and oxygen atoms in total. The number of hydrogen-bond acceptors (Lipinski definition) is 0. The first-order valence-corrected chi connectivity index (χ1v) is 8.20. The first-order chi connectivity index (χ1) is 5.58. The van der Waals surface area contributed by atoms with Gasteiger partial charge in [0.1, 0.15) is 0 Å². The van der Waals surface area contributed by atoms with E-state index < -0.39 is 0 Å². The van der Waals surface area contributed by atoms with Crippen LogP contribution in [0.2, 0.25) is 4.01 Å². The van der Waals surface area contributed by atoms with Crippen molar-refractivity contribution in [1.29, 1.82) is 0 Å². The van der Waals surface area contributed by atoms with E-state index in [9.17, 15) is 0 Å². The van der Waals surface area contributed by atoms with E-state index in [1.165, 1.54) is 10.6 Å². The van der Waals surface area contributed by atoms with Crippen molar-refractivity contribution in [3.63, 3.8) is 0 Å². The molecule has 70 valence electrons. The van der Waals surface area contributed by atoms with E-state index in [-0.39, 0.29) is 34.1 Å². The molecule has 0 bridgehead atoms. The predicted octanol–water partition coefficient (Wildman–Crippen LogP) is 4.07. The van der Waals surface area contributed by atoms with Crippen molar-refractivity contribution in [1.82, 2.24) is 0 Å². The first kappa shape index (κ1) is 13.3. The Morgan fingerprint density at radius 3 is 2.08 bits per heavy atom. The minimum absolute atomic E-state index is 0. The molecule has 0 saturated heterocycles. The number of halogens is 1. The monoisotopic (exact) mass is 292 g/mol. The van der Waals surface area contributed by atoms with Gasteiger partial charge in [-0.25, -0.2) is 0 Å². The molecule has 2 heteroatoms. The molecule has 0 aliphatic rings. The van der Waals surface area contributed by atoms with Gasteiger partial charge >= 0.3 is 82.8 Å². The van der Waals surface area contributed by atoms with Gasteiger partial charge in [0, 0.05) is 0 Å². The molecule has 1 aromatic carbocycles. The van der Waals surface area contributed by atoms with E-state index in [1.54, 1.807) is 0 Å². The molecule has 0 aromatic heterocycles. The van der Waals surface area contributed by atoms with Crippen LogP contribution in [0.5, 0.6) is 0 Å². The second kappa shape index (κ2) is 5.93. The van der Waals surface area contributed by atoms with Crippen molar-refractivity contribution >= 4 is 17.0 Å². The van der Waals surface area contributed by atoms with E-state index in [2.05, 4.69) is 51.1 Å². The fourth-order valence-corrected chi connectivity index (χ4v) is 4.04. The summed E-state index contributed by atoms with van der Waals surface area (Å²) in [7, 11) is 0. The molecular weight excluding hydrogens is 277 g/mol. The average Bonchev–Trinajstić information content (AvgIpc) is 2.02. The van der Waals surface area contributed by atoms with Crippen molar-refractivity contribution in [3.05, 3.63) is 35.9 Å². The summed E-state index contributed by atoms with van der Waals surface area (Å²) in [5.74, 6) is 0.